The normalized spacial score (nSPS) is 10.7. The van der Waals surface area contributed by atoms with Crippen LogP contribution < -0.4 is 5.32 Å². The van der Waals surface area contributed by atoms with E-state index in [1.54, 1.807) is 0 Å². The maximum atomic E-state index is 10.9. The Morgan fingerprint density at radius 2 is 2.22 bits per heavy atom. The Hall–Kier alpha value is -2.18. The number of carbonyl (C=O) groups excluding carboxylic acids is 1. The van der Waals surface area contributed by atoms with Crippen LogP contribution in [0.25, 0.3) is 10.7 Å². The minimum Gasteiger partial charge on any atom is -0.351 e. The fraction of sp³-hybridized carbons (Fsp3) is 0.188. The second-order valence-corrected chi connectivity index (χ2v) is 6.60. The molecule has 0 bridgehead atoms. The zero-order valence-electron chi connectivity index (χ0n) is 12.4. The van der Waals surface area contributed by atoms with Gasteiger partial charge in [-0.25, -0.2) is 0 Å². The molecule has 3 rings (SSSR count). The fourth-order valence-corrected chi connectivity index (χ4v) is 3.14. The van der Waals surface area contributed by atoms with E-state index in [9.17, 15) is 4.79 Å². The van der Waals surface area contributed by atoms with Crippen molar-refractivity contribution in [1.29, 1.82) is 0 Å². The van der Waals surface area contributed by atoms with Crippen LogP contribution in [0.2, 0.25) is 5.02 Å². The number of rotatable bonds is 5. The van der Waals surface area contributed by atoms with Crippen LogP contribution in [0.3, 0.4) is 0 Å². The molecule has 0 saturated carbocycles. The zero-order chi connectivity index (χ0) is 16.2. The maximum Gasteiger partial charge on any atom is 0.231 e. The number of halogens is 1. The molecule has 5 nitrogen and oxygen atoms in total. The first-order valence-corrected chi connectivity index (χ1v) is 8.20. The molecule has 23 heavy (non-hydrogen) atoms. The van der Waals surface area contributed by atoms with E-state index in [2.05, 4.69) is 15.5 Å². The molecule has 2 heterocycles. The Balaban J connectivity index is 1.70. The Morgan fingerprint density at radius 1 is 1.35 bits per heavy atom. The summed E-state index contributed by atoms with van der Waals surface area (Å²) in [6.45, 7) is 2.00. The Labute approximate surface area is 142 Å². The van der Waals surface area contributed by atoms with E-state index in [1.165, 1.54) is 18.3 Å². The summed E-state index contributed by atoms with van der Waals surface area (Å²) >= 11 is 7.50. The number of hydrogen-bond acceptors (Lipinski definition) is 5. The van der Waals surface area contributed by atoms with Gasteiger partial charge in [-0.15, -0.1) is 11.3 Å². The van der Waals surface area contributed by atoms with Crippen LogP contribution >= 0.6 is 22.9 Å². The van der Waals surface area contributed by atoms with E-state index >= 15 is 0 Å². The molecule has 0 aliphatic carbocycles. The van der Waals surface area contributed by atoms with Gasteiger partial charge in [0.25, 0.3) is 0 Å². The van der Waals surface area contributed by atoms with E-state index in [0.29, 0.717) is 29.7 Å². The number of nitrogens with zero attached hydrogens (tertiary/aromatic N) is 2. The summed E-state index contributed by atoms with van der Waals surface area (Å²) < 4.78 is 5.30. The molecular weight excluding hydrogens is 334 g/mol. The SMILES string of the molecule is CC(=O)NCc1ccc(-c2noc(Cc3cccc(Cl)c3)n2)s1. The van der Waals surface area contributed by atoms with E-state index in [4.69, 9.17) is 16.1 Å². The summed E-state index contributed by atoms with van der Waals surface area (Å²) in [5.41, 5.74) is 1.02. The number of benzene rings is 1. The molecule has 1 amide bonds. The van der Waals surface area contributed by atoms with Gasteiger partial charge in [0, 0.05) is 16.8 Å². The van der Waals surface area contributed by atoms with Crippen molar-refractivity contribution in [2.45, 2.75) is 19.9 Å². The standard InChI is InChI=1S/C16H14ClN3O2S/c1-10(21)18-9-13-5-6-14(23-13)16-19-15(22-20-16)8-11-3-2-4-12(17)7-11/h2-7H,8-9H2,1H3,(H,18,21). The van der Waals surface area contributed by atoms with Gasteiger partial charge >= 0.3 is 0 Å². The molecule has 0 atom stereocenters. The van der Waals surface area contributed by atoms with Gasteiger partial charge in [0.15, 0.2) is 0 Å². The van der Waals surface area contributed by atoms with Crippen molar-refractivity contribution in [2.75, 3.05) is 0 Å². The minimum atomic E-state index is -0.0525. The molecule has 1 aromatic carbocycles. The lowest BCUT2D eigenvalue weighted by Crippen LogP contribution is -2.17. The predicted molar refractivity (Wildman–Crippen MR) is 89.4 cm³/mol. The first-order chi connectivity index (χ1) is 11.1. The lowest BCUT2D eigenvalue weighted by atomic mass is 10.1. The highest BCUT2D eigenvalue weighted by Gasteiger charge is 2.12. The number of hydrogen-bond donors (Lipinski definition) is 1. The van der Waals surface area contributed by atoms with E-state index in [0.717, 1.165) is 15.3 Å². The van der Waals surface area contributed by atoms with Gasteiger partial charge in [-0.2, -0.15) is 4.98 Å². The highest BCUT2D eigenvalue weighted by atomic mass is 35.5. The second kappa shape index (κ2) is 6.93. The van der Waals surface area contributed by atoms with Crippen molar-refractivity contribution in [1.82, 2.24) is 15.5 Å². The number of nitrogens with one attached hydrogen (secondary N) is 1. The quantitative estimate of drug-likeness (QED) is 0.764. The topological polar surface area (TPSA) is 68.0 Å². The lowest BCUT2D eigenvalue weighted by Gasteiger charge is -1.97. The molecule has 0 aliphatic heterocycles. The van der Waals surface area contributed by atoms with E-state index < -0.39 is 0 Å². The molecule has 0 aliphatic rings. The summed E-state index contributed by atoms with van der Waals surface area (Å²) in [5, 5.41) is 7.47. The van der Waals surface area contributed by atoms with E-state index in [-0.39, 0.29) is 5.91 Å². The molecular formula is C16H14ClN3O2S. The Bertz CT molecular complexity index is 828. The highest BCUT2D eigenvalue weighted by molar-refractivity contribution is 7.15. The summed E-state index contributed by atoms with van der Waals surface area (Å²) in [6.07, 6.45) is 0.539. The highest BCUT2D eigenvalue weighted by Crippen LogP contribution is 2.26. The number of thiophene rings is 1. The summed E-state index contributed by atoms with van der Waals surface area (Å²) in [7, 11) is 0. The molecule has 0 fully saturated rings. The third-order valence-corrected chi connectivity index (χ3v) is 4.42. The summed E-state index contributed by atoms with van der Waals surface area (Å²) in [4.78, 5) is 17.3. The number of aromatic nitrogens is 2. The molecule has 118 valence electrons. The number of carbonyl (C=O) groups is 1. The lowest BCUT2D eigenvalue weighted by molar-refractivity contribution is -0.119. The summed E-state index contributed by atoms with van der Waals surface area (Å²) in [6, 6.07) is 11.4. The molecule has 2 aromatic heterocycles. The maximum absolute atomic E-state index is 10.9. The first-order valence-electron chi connectivity index (χ1n) is 7.01. The second-order valence-electron chi connectivity index (χ2n) is 4.99. The third-order valence-electron chi connectivity index (χ3n) is 3.11. The van der Waals surface area contributed by atoms with Gasteiger partial charge in [-0.1, -0.05) is 28.9 Å². The predicted octanol–water partition coefficient (Wildman–Crippen LogP) is 3.68. The van der Waals surface area contributed by atoms with Gasteiger partial charge < -0.3 is 9.84 Å². The van der Waals surface area contributed by atoms with Crippen LogP contribution in [0, 0.1) is 0 Å². The molecule has 0 radical (unpaired) electrons. The Kier molecular flexibility index (Phi) is 4.73. The molecule has 7 heteroatoms. The van der Waals surface area contributed by atoms with Crippen molar-refractivity contribution in [2.24, 2.45) is 0 Å². The van der Waals surface area contributed by atoms with Crippen molar-refractivity contribution < 1.29 is 9.32 Å². The van der Waals surface area contributed by atoms with Crippen LogP contribution in [-0.2, 0) is 17.8 Å². The van der Waals surface area contributed by atoms with Crippen molar-refractivity contribution in [3.63, 3.8) is 0 Å². The monoisotopic (exact) mass is 347 g/mol. The molecule has 3 aromatic rings. The van der Waals surface area contributed by atoms with Gasteiger partial charge in [-0.05, 0) is 29.8 Å². The number of amides is 1. The van der Waals surface area contributed by atoms with Gasteiger partial charge in [-0.3, -0.25) is 4.79 Å². The minimum absolute atomic E-state index is 0.0525. The van der Waals surface area contributed by atoms with Crippen molar-refractivity contribution in [3.05, 3.63) is 57.8 Å². The largest absolute Gasteiger partial charge is 0.351 e. The van der Waals surface area contributed by atoms with Crippen molar-refractivity contribution >= 4 is 28.8 Å². The smallest absolute Gasteiger partial charge is 0.231 e. The van der Waals surface area contributed by atoms with E-state index in [1.807, 2.05) is 36.4 Å². The average molecular weight is 348 g/mol. The van der Waals surface area contributed by atoms with Crippen molar-refractivity contribution in [3.8, 4) is 10.7 Å². The molecule has 1 N–H and O–H groups in total. The van der Waals surface area contributed by atoms with Gasteiger partial charge in [0.05, 0.1) is 17.8 Å². The van der Waals surface area contributed by atoms with Gasteiger partial charge in [0.2, 0.25) is 17.6 Å². The first kappa shape index (κ1) is 15.7. The van der Waals surface area contributed by atoms with Crippen LogP contribution in [0.1, 0.15) is 23.3 Å². The fourth-order valence-electron chi connectivity index (χ4n) is 2.05. The van der Waals surface area contributed by atoms with Crippen LogP contribution in [0.15, 0.2) is 40.9 Å². The molecule has 0 saturated heterocycles. The average Bonchev–Trinajstić information content (AvgIpc) is 3.14. The van der Waals surface area contributed by atoms with Crippen LogP contribution in [0.4, 0.5) is 0 Å². The Morgan fingerprint density at radius 3 is 3.00 bits per heavy atom. The zero-order valence-corrected chi connectivity index (χ0v) is 13.9. The van der Waals surface area contributed by atoms with Crippen LogP contribution in [-0.4, -0.2) is 16.0 Å². The molecule has 0 unspecified atom stereocenters. The third kappa shape index (κ3) is 4.18. The van der Waals surface area contributed by atoms with Crippen LogP contribution in [0.5, 0.6) is 0 Å². The summed E-state index contributed by atoms with van der Waals surface area (Å²) in [5.74, 6) is 1.04. The molecule has 0 spiro atoms. The van der Waals surface area contributed by atoms with Gasteiger partial charge in [0.1, 0.15) is 0 Å².